The van der Waals surface area contributed by atoms with E-state index in [0.717, 1.165) is 11.1 Å². The molecule has 0 spiro atoms. The lowest BCUT2D eigenvalue weighted by Crippen LogP contribution is -1.96. The van der Waals surface area contributed by atoms with Crippen molar-refractivity contribution in [1.82, 2.24) is 4.57 Å². The van der Waals surface area contributed by atoms with Gasteiger partial charge in [0, 0.05) is 23.5 Å². The van der Waals surface area contributed by atoms with Gasteiger partial charge in [0.2, 0.25) is 0 Å². The molecule has 0 saturated carbocycles. The van der Waals surface area contributed by atoms with Gasteiger partial charge in [-0.15, -0.1) is 5.73 Å². The first-order valence-electron chi connectivity index (χ1n) is 8.45. The molecule has 0 amide bonds. The molecule has 0 radical (unpaired) electrons. The van der Waals surface area contributed by atoms with Crippen molar-refractivity contribution in [3.63, 3.8) is 0 Å². The van der Waals surface area contributed by atoms with E-state index >= 15 is 0 Å². The molecule has 0 aliphatic rings. The highest BCUT2D eigenvalue weighted by atomic mass is 14.9. The summed E-state index contributed by atoms with van der Waals surface area (Å²) in [4.78, 5) is 0. The highest BCUT2D eigenvalue weighted by Crippen LogP contribution is 2.28. The summed E-state index contributed by atoms with van der Waals surface area (Å²) in [5.74, 6) is 0. The maximum Gasteiger partial charge on any atom is 0.0573 e. The lowest BCUT2D eigenvalue weighted by Gasteiger charge is -2.08. The van der Waals surface area contributed by atoms with Gasteiger partial charge in [-0.3, -0.25) is 0 Å². The first-order chi connectivity index (χ1) is 12.3. The van der Waals surface area contributed by atoms with Crippen LogP contribution in [0.5, 0.6) is 0 Å². The van der Waals surface area contributed by atoms with Crippen molar-refractivity contribution in [3.05, 3.63) is 114 Å². The summed E-state index contributed by atoms with van der Waals surface area (Å²) in [6.07, 6.45) is 2.06. The van der Waals surface area contributed by atoms with Gasteiger partial charge in [0.1, 0.15) is 0 Å². The highest BCUT2D eigenvalue weighted by Gasteiger charge is 2.11. The Bertz CT molecular complexity index is 1060. The number of hydrogen-bond donors (Lipinski definition) is 0. The summed E-state index contributed by atoms with van der Waals surface area (Å²) in [7, 11) is 2.12. The predicted octanol–water partition coefficient (Wildman–Crippen LogP) is 5.92. The first-order valence-corrected chi connectivity index (χ1v) is 8.45. The molecule has 0 aliphatic carbocycles. The van der Waals surface area contributed by atoms with Crippen LogP contribution >= 0.6 is 0 Å². The van der Waals surface area contributed by atoms with Gasteiger partial charge >= 0.3 is 0 Å². The average molecular weight is 321 g/mol. The first kappa shape index (κ1) is 15.3. The van der Waals surface area contributed by atoms with E-state index in [1.807, 2.05) is 24.3 Å². The average Bonchev–Trinajstić information content (AvgIpc) is 3.01. The molecule has 120 valence electrons. The molecule has 0 aliphatic heterocycles. The molecule has 0 N–H and O–H groups in total. The third-order valence-corrected chi connectivity index (χ3v) is 4.45. The number of fused-ring (bicyclic) bond motifs is 1. The second-order valence-electron chi connectivity index (χ2n) is 6.09. The molecule has 1 nitrogen and oxygen atoms in total. The number of aromatic nitrogens is 1. The third-order valence-electron chi connectivity index (χ3n) is 4.45. The van der Waals surface area contributed by atoms with Crippen LogP contribution in [0.25, 0.3) is 22.6 Å². The minimum atomic E-state index is 1.10. The van der Waals surface area contributed by atoms with Crippen LogP contribution in [-0.2, 0) is 7.05 Å². The van der Waals surface area contributed by atoms with Gasteiger partial charge in [-0.05, 0) is 29.3 Å². The normalized spacial score (nSPS) is 10.4. The van der Waals surface area contributed by atoms with Crippen molar-refractivity contribution in [2.24, 2.45) is 7.05 Å². The molecular weight excluding hydrogens is 302 g/mol. The van der Waals surface area contributed by atoms with E-state index in [9.17, 15) is 0 Å². The van der Waals surface area contributed by atoms with Crippen LogP contribution in [0.2, 0.25) is 0 Å². The Labute approximate surface area is 148 Å². The molecule has 1 heteroatoms. The van der Waals surface area contributed by atoms with E-state index in [2.05, 4.69) is 90.2 Å². The highest BCUT2D eigenvalue weighted by molar-refractivity contribution is 5.90. The number of aryl methyl sites for hydroxylation is 1. The lowest BCUT2D eigenvalue weighted by molar-refractivity contribution is 0.949. The molecule has 4 rings (SSSR count). The van der Waals surface area contributed by atoms with Gasteiger partial charge in [0.05, 0.1) is 5.69 Å². The molecule has 0 fully saturated rings. The molecule has 0 bridgehead atoms. The quantitative estimate of drug-likeness (QED) is 0.413. The van der Waals surface area contributed by atoms with Gasteiger partial charge in [0.15, 0.2) is 0 Å². The van der Waals surface area contributed by atoms with Crippen LogP contribution in [0.15, 0.2) is 96.7 Å². The zero-order chi connectivity index (χ0) is 17.1. The molecule has 1 heterocycles. The zero-order valence-electron chi connectivity index (χ0n) is 14.2. The van der Waals surface area contributed by atoms with Gasteiger partial charge in [-0.25, -0.2) is 0 Å². The van der Waals surface area contributed by atoms with Crippen molar-refractivity contribution in [3.8, 4) is 0 Å². The zero-order valence-corrected chi connectivity index (χ0v) is 14.2. The van der Waals surface area contributed by atoms with Crippen molar-refractivity contribution in [2.75, 3.05) is 0 Å². The summed E-state index contributed by atoms with van der Waals surface area (Å²) in [6.45, 7) is 0. The van der Waals surface area contributed by atoms with E-state index in [-0.39, 0.29) is 0 Å². The molecule has 0 unspecified atom stereocenters. The molecule has 0 atom stereocenters. The topological polar surface area (TPSA) is 4.93 Å². The van der Waals surface area contributed by atoms with Gasteiger partial charge in [-0.1, -0.05) is 78.9 Å². The van der Waals surface area contributed by atoms with Crippen molar-refractivity contribution >= 4 is 22.6 Å². The smallest absolute Gasteiger partial charge is 0.0573 e. The monoisotopic (exact) mass is 321 g/mol. The Morgan fingerprint density at radius 3 is 2.16 bits per heavy atom. The van der Waals surface area contributed by atoms with Crippen LogP contribution in [0.4, 0.5) is 0 Å². The number of rotatable bonds is 3. The molecule has 3 aromatic carbocycles. The fourth-order valence-electron chi connectivity index (χ4n) is 3.14. The van der Waals surface area contributed by atoms with Crippen LogP contribution in [-0.4, -0.2) is 4.57 Å². The van der Waals surface area contributed by atoms with E-state index in [1.165, 1.54) is 22.2 Å². The summed E-state index contributed by atoms with van der Waals surface area (Å²) in [5, 5.41) is 1.25. The summed E-state index contributed by atoms with van der Waals surface area (Å²) < 4.78 is 2.24. The predicted molar refractivity (Wildman–Crippen MR) is 106 cm³/mol. The Balaban J connectivity index is 1.94. The van der Waals surface area contributed by atoms with Crippen LogP contribution < -0.4 is 0 Å². The maximum absolute atomic E-state index is 3.54. The number of para-hydroxylation sites is 1. The van der Waals surface area contributed by atoms with Gasteiger partial charge < -0.3 is 4.57 Å². The van der Waals surface area contributed by atoms with Crippen molar-refractivity contribution in [2.45, 2.75) is 0 Å². The summed E-state index contributed by atoms with van der Waals surface area (Å²) >= 11 is 0. The maximum atomic E-state index is 3.54. The lowest BCUT2D eigenvalue weighted by atomic mass is 10.0. The van der Waals surface area contributed by atoms with Crippen molar-refractivity contribution in [1.29, 1.82) is 0 Å². The van der Waals surface area contributed by atoms with E-state index in [1.54, 1.807) is 0 Å². The Morgan fingerprint density at radius 1 is 0.800 bits per heavy atom. The van der Waals surface area contributed by atoms with E-state index in [4.69, 9.17) is 0 Å². The minimum Gasteiger partial charge on any atom is -0.343 e. The van der Waals surface area contributed by atoms with Crippen LogP contribution in [0.3, 0.4) is 0 Å². The van der Waals surface area contributed by atoms with Gasteiger partial charge in [0.25, 0.3) is 0 Å². The molecule has 0 saturated heterocycles. The summed E-state index contributed by atoms with van der Waals surface area (Å²) in [5.41, 5.74) is 9.35. The Kier molecular flexibility index (Phi) is 4.08. The SMILES string of the molecule is Cn1c(C(=C=Cc2ccccc2)c2ccccc2)cc2ccccc21. The number of nitrogens with zero attached hydrogens (tertiary/aromatic N) is 1. The molecular formula is C24H19N. The van der Waals surface area contributed by atoms with Crippen molar-refractivity contribution < 1.29 is 0 Å². The second-order valence-corrected chi connectivity index (χ2v) is 6.09. The Morgan fingerprint density at radius 2 is 1.44 bits per heavy atom. The summed E-state index contributed by atoms with van der Waals surface area (Å²) in [6, 6.07) is 31.5. The third kappa shape index (κ3) is 3.06. The van der Waals surface area contributed by atoms with Crippen LogP contribution in [0, 0.1) is 0 Å². The standard InChI is InChI=1S/C24H19N/c1-25-23-15-9-8-14-21(23)18-24(25)22(20-12-6-3-7-13-20)17-16-19-10-4-2-5-11-19/h2-16,18H,1H3. The fourth-order valence-corrected chi connectivity index (χ4v) is 3.14. The van der Waals surface area contributed by atoms with E-state index < -0.39 is 0 Å². The van der Waals surface area contributed by atoms with Crippen LogP contribution in [0.1, 0.15) is 16.8 Å². The Hall–Kier alpha value is -3.28. The molecule has 25 heavy (non-hydrogen) atoms. The fraction of sp³-hybridized carbons (Fsp3) is 0.0417. The second kappa shape index (κ2) is 6.68. The van der Waals surface area contributed by atoms with E-state index in [0.29, 0.717) is 0 Å². The number of benzene rings is 3. The number of hydrogen-bond acceptors (Lipinski definition) is 0. The van der Waals surface area contributed by atoms with Gasteiger partial charge in [-0.2, -0.15) is 0 Å². The molecule has 4 aromatic rings. The minimum absolute atomic E-state index is 1.10. The molecule has 1 aromatic heterocycles. The largest absolute Gasteiger partial charge is 0.343 e.